The van der Waals surface area contributed by atoms with Crippen LogP contribution in [0.5, 0.6) is 0 Å². The van der Waals surface area contributed by atoms with Gasteiger partial charge in [-0.3, -0.25) is 0 Å². The third-order valence-electron chi connectivity index (χ3n) is 3.48. The number of nitrogens with zero attached hydrogens (tertiary/aromatic N) is 3. The Balaban J connectivity index is 2.35. The van der Waals surface area contributed by atoms with Crippen molar-refractivity contribution in [2.45, 2.75) is 58.4 Å². The fourth-order valence-corrected chi connectivity index (χ4v) is 3.60. The van der Waals surface area contributed by atoms with Crippen molar-refractivity contribution in [2.75, 3.05) is 11.4 Å². The van der Waals surface area contributed by atoms with Crippen molar-refractivity contribution in [3.63, 3.8) is 0 Å². The van der Waals surface area contributed by atoms with Crippen LogP contribution in [0.15, 0.2) is 0 Å². The first-order valence-electron chi connectivity index (χ1n) is 6.61. The Labute approximate surface area is 113 Å². The highest BCUT2D eigenvalue weighted by molar-refractivity contribution is 7.16. The molecular formula is C14H21N3S. The maximum absolute atomic E-state index is 9.26. The summed E-state index contributed by atoms with van der Waals surface area (Å²) < 4.78 is 0. The molecule has 2 rings (SSSR count). The fraction of sp³-hybridized carbons (Fsp3) is 0.714. The molecule has 0 N–H and O–H groups in total. The molecule has 1 aliphatic heterocycles. The lowest BCUT2D eigenvalue weighted by Gasteiger charge is -2.33. The van der Waals surface area contributed by atoms with Gasteiger partial charge in [0.15, 0.2) is 5.13 Å². The van der Waals surface area contributed by atoms with E-state index in [0.29, 0.717) is 6.04 Å². The second-order valence-corrected chi connectivity index (χ2v) is 7.05. The topological polar surface area (TPSA) is 39.9 Å². The summed E-state index contributed by atoms with van der Waals surface area (Å²) >= 11 is 1.55. The second-order valence-electron chi connectivity index (χ2n) is 6.07. The molecule has 0 saturated carbocycles. The Morgan fingerprint density at radius 1 is 1.39 bits per heavy atom. The highest BCUT2D eigenvalue weighted by Gasteiger charge is 2.27. The molecule has 1 aliphatic rings. The quantitative estimate of drug-likeness (QED) is 0.775. The second kappa shape index (κ2) is 4.89. The Kier molecular flexibility index (Phi) is 3.63. The Morgan fingerprint density at radius 3 is 2.61 bits per heavy atom. The Hall–Kier alpha value is -1.08. The summed E-state index contributed by atoms with van der Waals surface area (Å²) in [6.45, 7) is 9.68. The van der Waals surface area contributed by atoms with Crippen LogP contribution in [0.3, 0.4) is 0 Å². The van der Waals surface area contributed by atoms with Crippen molar-refractivity contribution in [1.29, 1.82) is 5.26 Å². The van der Waals surface area contributed by atoms with Crippen LogP contribution in [-0.4, -0.2) is 17.6 Å². The molecule has 1 aromatic heterocycles. The van der Waals surface area contributed by atoms with Crippen LogP contribution in [0.4, 0.5) is 5.13 Å². The van der Waals surface area contributed by atoms with Gasteiger partial charge in [0.2, 0.25) is 0 Å². The van der Waals surface area contributed by atoms with E-state index in [-0.39, 0.29) is 5.41 Å². The first-order valence-corrected chi connectivity index (χ1v) is 7.43. The summed E-state index contributed by atoms with van der Waals surface area (Å²) in [4.78, 5) is 7.89. The molecule has 3 nitrogen and oxygen atoms in total. The molecule has 18 heavy (non-hydrogen) atoms. The molecule has 0 spiro atoms. The van der Waals surface area contributed by atoms with E-state index in [1.54, 1.807) is 11.3 Å². The molecule has 0 aliphatic carbocycles. The lowest BCUT2D eigenvalue weighted by molar-refractivity contribution is 0.482. The van der Waals surface area contributed by atoms with Crippen molar-refractivity contribution in [1.82, 2.24) is 4.98 Å². The van der Waals surface area contributed by atoms with Gasteiger partial charge in [-0.25, -0.2) is 4.98 Å². The summed E-state index contributed by atoms with van der Waals surface area (Å²) in [5, 5.41) is 10.3. The summed E-state index contributed by atoms with van der Waals surface area (Å²) in [7, 11) is 0. The number of nitriles is 1. The molecule has 0 amide bonds. The maximum Gasteiger partial charge on any atom is 0.187 e. The van der Waals surface area contributed by atoms with Crippen LogP contribution >= 0.6 is 11.3 Å². The summed E-state index contributed by atoms with van der Waals surface area (Å²) in [6, 6.07) is 2.85. The number of anilines is 1. The molecule has 0 bridgehead atoms. The Morgan fingerprint density at radius 2 is 2.11 bits per heavy atom. The van der Waals surface area contributed by atoms with Crippen LogP contribution in [0.25, 0.3) is 0 Å². The summed E-state index contributed by atoms with van der Waals surface area (Å²) in [6.07, 6.45) is 3.77. The first-order chi connectivity index (χ1) is 8.43. The zero-order chi connectivity index (χ0) is 13.3. The number of piperidine rings is 1. The van der Waals surface area contributed by atoms with Crippen molar-refractivity contribution in [3.05, 3.63) is 10.6 Å². The average molecular weight is 263 g/mol. The van der Waals surface area contributed by atoms with Crippen LogP contribution < -0.4 is 4.90 Å². The van der Waals surface area contributed by atoms with E-state index in [0.717, 1.165) is 22.2 Å². The molecule has 98 valence electrons. The number of hydrogen-bond acceptors (Lipinski definition) is 4. The minimum absolute atomic E-state index is 0.0567. The van der Waals surface area contributed by atoms with Gasteiger partial charge < -0.3 is 4.90 Å². The molecule has 1 fully saturated rings. The zero-order valence-electron chi connectivity index (χ0n) is 11.7. The van der Waals surface area contributed by atoms with E-state index in [1.807, 2.05) is 0 Å². The van der Waals surface area contributed by atoms with E-state index in [4.69, 9.17) is 4.98 Å². The number of hydrogen-bond donors (Lipinski definition) is 0. The number of thiazole rings is 1. The minimum Gasteiger partial charge on any atom is -0.345 e. The Bertz CT molecular complexity index is 464. The highest BCUT2D eigenvalue weighted by Crippen LogP contribution is 2.35. The predicted octanol–water partition coefficient (Wildman–Crippen LogP) is 3.69. The normalized spacial score (nSPS) is 20.8. The third-order valence-corrected chi connectivity index (χ3v) is 4.47. The van der Waals surface area contributed by atoms with Gasteiger partial charge in [-0.15, -0.1) is 0 Å². The van der Waals surface area contributed by atoms with Gasteiger partial charge in [-0.2, -0.15) is 5.26 Å². The van der Waals surface area contributed by atoms with Gasteiger partial charge in [0, 0.05) is 18.0 Å². The molecule has 0 radical (unpaired) electrons. The van der Waals surface area contributed by atoms with E-state index in [2.05, 4.69) is 38.7 Å². The highest BCUT2D eigenvalue weighted by atomic mass is 32.1. The zero-order valence-corrected chi connectivity index (χ0v) is 12.5. The fourth-order valence-electron chi connectivity index (χ4n) is 2.40. The van der Waals surface area contributed by atoms with E-state index in [9.17, 15) is 5.26 Å². The van der Waals surface area contributed by atoms with Crippen LogP contribution in [0.2, 0.25) is 0 Å². The molecule has 1 saturated heterocycles. The molecule has 1 aromatic rings. The molecular weight excluding hydrogens is 242 g/mol. The molecule has 4 heteroatoms. The minimum atomic E-state index is -0.0567. The van der Waals surface area contributed by atoms with Gasteiger partial charge >= 0.3 is 0 Å². The summed E-state index contributed by atoms with van der Waals surface area (Å²) in [5.74, 6) is 0. The van der Waals surface area contributed by atoms with Crippen molar-refractivity contribution < 1.29 is 0 Å². The lowest BCUT2D eigenvalue weighted by atomic mass is 9.91. The maximum atomic E-state index is 9.26. The van der Waals surface area contributed by atoms with Crippen LogP contribution in [0.1, 0.15) is 57.5 Å². The monoisotopic (exact) mass is 263 g/mol. The van der Waals surface area contributed by atoms with E-state index in [1.165, 1.54) is 19.3 Å². The van der Waals surface area contributed by atoms with Crippen molar-refractivity contribution >= 4 is 16.5 Å². The van der Waals surface area contributed by atoms with Crippen LogP contribution in [-0.2, 0) is 5.41 Å². The number of aromatic nitrogens is 1. The van der Waals surface area contributed by atoms with E-state index >= 15 is 0 Å². The van der Waals surface area contributed by atoms with Crippen LogP contribution in [0, 0.1) is 11.3 Å². The van der Waals surface area contributed by atoms with Crippen molar-refractivity contribution in [2.24, 2.45) is 0 Å². The lowest BCUT2D eigenvalue weighted by Crippen LogP contribution is -2.37. The standard InChI is InChI=1S/C14H21N3S/c1-10-7-5-6-8-17(10)13-16-12(14(2,3)4)11(9-15)18-13/h10H,5-8H2,1-4H3. The van der Waals surface area contributed by atoms with E-state index < -0.39 is 0 Å². The average Bonchev–Trinajstić information content (AvgIpc) is 2.73. The van der Waals surface area contributed by atoms with Crippen molar-refractivity contribution in [3.8, 4) is 6.07 Å². The van der Waals surface area contributed by atoms with Gasteiger partial charge in [0.05, 0.1) is 5.69 Å². The first kappa shape index (κ1) is 13.4. The van der Waals surface area contributed by atoms with Gasteiger partial charge in [0.25, 0.3) is 0 Å². The predicted molar refractivity (Wildman–Crippen MR) is 76.2 cm³/mol. The molecule has 1 atom stereocenters. The molecule has 2 heterocycles. The molecule has 0 aromatic carbocycles. The van der Waals surface area contributed by atoms with Gasteiger partial charge in [0.1, 0.15) is 10.9 Å². The molecule has 1 unspecified atom stereocenters. The van der Waals surface area contributed by atoms with Gasteiger partial charge in [-0.1, -0.05) is 32.1 Å². The number of rotatable bonds is 1. The third kappa shape index (κ3) is 2.51. The largest absolute Gasteiger partial charge is 0.345 e. The smallest absolute Gasteiger partial charge is 0.187 e. The SMILES string of the molecule is CC1CCCCN1c1nc(C(C)(C)C)c(C#N)s1. The van der Waals surface area contributed by atoms with Gasteiger partial charge in [-0.05, 0) is 26.2 Å². The summed E-state index contributed by atoms with van der Waals surface area (Å²) in [5.41, 5.74) is 0.890.